The SMILES string of the molecule is O=C(CNCC1CC1)NCc1ccccc1OCC1CC1. The Balaban J connectivity index is 1.41. The summed E-state index contributed by atoms with van der Waals surface area (Å²) >= 11 is 0. The van der Waals surface area contributed by atoms with E-state index in [4.69, 9.17) is 4.74 Å². The molecule has 0 bridgehead atoms. The van der Waals surface area contributed by atoms with Gasteiger partial charge in [-0.05, 0) is 50.1 Å². The Kier molecular flexibility index (Phi) is 4.76. The number of hydrogen-bond acceptors (Lipinski definition) is 3. The van der Waals surface area contributed by atoms with E-state index in [1.54, 1.807) is 0 Å². The summed E-state index contributed by atoms with van der Waals surface area (Å²) in [6, 6.07) is 7.96. The maximum Gasteiger partial charge on any atom is 0.234 e. The number of hydrogen-bond donors (Lipinski definition) is 2. The van der Waals surface area contributed by atoms with Crippen LogP contribution in [0.5, 0.6) is 5.75 Å². The van der Waals surface area contributed by atoms with Crippen LogP contribution in [0.15, 0.2) is 24.3 Å². The predicted molar refractivity (Wildman–Crippen MR) is 82.1 cm³/mol. The molecule has 2 N–H and O–H groups in total. The highest BCUT2D eigenvalue weighted by atomic mass is 16.5. The number of carbonyl (C=O) groups excluding carboxylic acids is 1. The van der Waals surface area contributed by atoms with Gasteiger partial charge in [-0.25, -0.2) is 0 Å². The number of rotatable bonds is 9. The highest BCUT2D eigenvalue weighted by molar-refractivity contribution is 5.78. The van der Waals surface area contributed by atoms with Gasteiger partial charge in [0, 0.05) is 12.1 Å². The van der Waals surface area contributed by atoms with E-state index in [-0.39, 0.29) is 5.91 Å². The molecule has 2 aliphatic carbocycles. The van der Waals surface area contributed by atoms with Crippen LogP contribution in [-0.4, -0.2) is 25.6 Å². The molecule has 0 radical (unpaired) electrons. The number of nitrogens with one attached hydrogen (secondary N) is 2. The third kappa shape index (κ3) is 5.05. The fourth-order valence-corrected chi connectivity index (χ4v) is 2.25. The Morgan fingerprint density at radius 3 is 2.67 bits per heavy atom. The maximum atomic E-state index is 11.8. The van der Waals surface area contributed by atoms with Gasteiger partial charge >= 0.3 is 0 Å². The molecule has 0 aromatic heterocycles. The molecular weight excluding hydrogens is 264 g/mol. The van der Waals surface area contributed by atoms with Crippen LogP contribution in [0, 0.1) is 11.8 Å². The molecule has 1 aromatic carbocycles. The first-order chi connectivity index (χ1) is 10.3. The molecule has 4 nitrogen and oxygen atoms in total. The lowest BCUT2D eigenvalue weighted by Gasteiger charge is -2.12. The summed E-state index contributed by atoms with van der Waals surface area (Å²) < 4.78 is 5.85. The highest BCUT2D eigenvalue weighted by Crippen LogP contribution is 2.30. The lowest BCUT2D eigenvalue weighted by molar-refractivity contribution is -0.120. The molecule has 3 rings (SSSR count). The Hall–Kier alpha value is -1.55. The van der Waals surface area contributed by atoms with Gasteiger partial charge in [0.05, 0.1) is 13.2 Å². The lowest BCUT2D eigenvalue weighted by Crippen LogP contribution is -2.34. The van der Waals surface area contributed by atoms with Crippen LogP contribution in [0.25, 0.3) is 0 Å². The van der Waals surface area contributed by atoms with Crippen LogP contribution in [0.4, 0.5) is 0 Å². The van der Waals surface area contributed by atoms with E-state index in [1.165, 1.54) is 25.7 Å². The van der Waals surface area contributed by atoms with E-state index in [1.807, 2.05) is 24.3 Å². The first-order valence-corrected chi connectivity index (χ1v) is 7.99. The smallest absolute Gasteiger partial charge is 0.234 e. The van der Waals surface area contributed by atoms with Crippen LogP contribution in [0.3, 0.4) is 0 Å². The van der Waals surface area contributed by atoms with Crippen molar-refractivity contribution in [1.82, 2.24) is 10.6 Å². The van der Waals surface area contributed by atoms with Crippen molar-refractivity contribution in [2.45, 2.75) is 32.2 Å². The van der Waals surface area contributed by atoms with E-state index in [9.17, 15) is 4.79 Å². The van der Waals surface area contributed by atoms with Crippen molar-refractivity contribution in [3.05, 3.63) is 29.8 Å². The van der Waals surface area contributed by atoms with Gasteiger partial charge in [-0.2, -0.15) is 0 Å². The average molecular weight is 288 g/mol. The molecular formula is C17H24N2O2. The largest absolute Gasteiger partial charge is 0.493 e. The van der Waals surface area contributed by atoms with E-state index in [0.717, 1.165) is 36.3 Å². The van der Waals surface area contributed by atoms with Crippen LogP contribution < -0.4 is 15.4 Å². The van der Waals surface area contributed by atoms with Crippen LogP contribution in [-0.2, 0) is 11.3 Å². The fraction of sp³-hybridized carbons (Fsp3) is 0.588. The quantitative estimate of drug-likeness (QED) is 0.731. The van der Waals surface area contributed by atoms with Gasteiger partial charge in [0.2, 0.25) is 5.91 Å². The van der Waals surface area contributed by atoms with Gasteiger partial charge in [0.25, 0.3) is 0 Å². The molecule has 21 heavy (non-hydrogen) atoms. The van der Waals surface area contributed by atoms with Gasteiger partial charge < -0.3 is 15.4 Å². The third-order valence-corrected chi connectivity index (χ3v) is 4.04. The standard InChI is InChI=1S/C17H24N2O2/c20-17(11-18-9-13-5-6-13)19-10-15-3-1-2-4-16(15)21-12-14-7-8-14/h1-4,13-14,18H,5-12H2,(H,19,20). The zero-order valence-electron chi connectivity index (χ0n) is 12.4. The van der Waals surface area contributed by atoms with E-state index < -0.39 is 0 Å². The highest BCUT2D eigenvalue weighted by Gasteiger charge is 2.22. The third-order valence-electron chi connectivity index (χ3n) is 4.04. The lowest BCUT2D eigenvalue weighted by atomic mass is 10.2. The van der Waals surface area contributed by atoms with E-state index in [0.29, 0.717) is 13.1 Å². The minimum Gasteiger partial charge on any atom is -0.493 e. The second kappa shape index (κ2) is 6.94. The first kappa shape index (κ1) is 14.4. The Bertz CT molecular complexity index is 481. The second-order valence-corrected chi connectivity index (χ2v) is 6.21. The summed E-state index contributed by atoms with van der Waals surface area (Å²) in [5.41, 5.74) is 1.05. The summed E-state index contributed by atoms with van der Waals surface area (Å²) in [7, 11) is 0. The normalized spacial score (nSPS) is 17.5. The maximum absolute atomic E-state index is 11.8. The zero-order valence-corrected chi connectivity index (χ0v) is 12.4. The molecule has 114 valence electrons. The molecule has 2 aliphatic rings. The molecule has 1 amide bonds. The Labute approximate surface area is 126 Å². The summed E-state index contributed by atoms with van der Waals surface area (Å²) in [6.45, 7) is 2.70. The molecule has 2 saturated carbocycles. The molecule has 0 spiro atoms. The molecule has 2 fully saturated rings. The van der Waals surface area contributed by atoms with Crippen molar-refractivity contribution < 1.29 is 9.53 Å². The summed E-state index contributed by atoms with van der Waals surface area (Å²) in [4.78, 5) is 11.8. The van der Waals surface area contributed by atoms with Gasteiger partial charge in [-0.1, -0.05) is 18.2 Å². The fourth-order valence-electron chi connectivity index (χ4n) is 2.25. The topological polar surface area (TPSA) is 50.4 Å². The van der Waals surface area contributed by atoms with Gasteiger partial charge in [0.15, 0.2) is 0 Å². The zero-order chi connectivity index (χ0) is 14.5. The Morgan fingerprint density at radius 1 is 1.14 bits per heavy atom. The molecule has 4 heteroatoms. The molecule has 1 aromatic rings. The van der Waals surface area contributed by atoms with Gasteiger partial charge in [-0.15, -0.1) is 0 Å². The molecule has 0 saturated heterocycles. The molecule has 0 aliphatic heterocycles. The van der Waals surface area contributed by atoms with Crippen molar-refractivity contribution in [3.63, 3.8) is 0 Å². The van der Waals surface area contributed by atoms with Crippen LogP contribution >= 0.6 is 0 Å². The monoisotopic (exact) mass is 288 g/mol. The molecule has 0 atom stereocenters. The second-order valence-electron chi connectivity index (χ2n) is 6.21. The molecule has 0 unspecified atom stereocenters. The summed E-state index contributed by atoms with van der Waals surface area (Å²) in [6.07, 6.45) is 5.18. The minimum atomic E-state index is 0.0487. The number of amides is 1. The summed E-state index contributed by atoms with van der Waals surface area (Å²) in [5, 5.41) is 6.16. The van der Waals surface area contributed by atoms with Gasteiger partial charge in [-0.3, -0.25) is 4.79 Å². The predicted octanol–water partition coefficient (Wildman–Crippen LogP) is 2.09. The average Bonchev–Trinajstić information content (AvgIpc) is 3.37. The first-order valence-electron chi connectivity index (χ1n) is 7.99. The number of para-hydroxylation sites is 1. The van der Waals surface area contributed by atoms with Crippen molar-refractivity contribution in [3.8, 4) is 5.75 Å². The van der Waals surface area contributed by atoms with Crippen molar-refractivity contribution >= 4 is 5.91 Å². The molecule has 0 heterocycles. The number of benzene rings is 1. The van der Waals surface area contributed by atoms with E-state index >= 15 is 0 Å². The van der Waals surface area contributed by atoms with Crippen molar-refractivity contribution in [2.24, 2.45) is 11.8 Å². The van der Waals surface area contributed by atoms with E-state index in [2.05, 4.69) is 10.6 Å². The number of carbonyl (C=O) groups is 1. The number of ether oxygens (including phenoxy) is 1. The van der Waals surface area contributed by atoms with Crippen LogP contribution in [0.2, 0.25) is 0 Å². The summed E-state index contributed by atoms with van der Waals surface area (Å²) in [5.74, 6) is 2.48. The Morgan fingerprint density at radius 2 is 1.90 bits per heavy atom. The van der Waals surface area contributed by atoms with Gasteiger partial charge in [0.1, 0.15) is 5.75 Å². The van der Waals surface area contributed by atoms with Crippen LogP contribution in [0.1, 0.15) is 31.2 Å². The van der Waals surface area contributed by atoms with Crippen molar-refractivity contribution in [1.29, 1.82) is 0 Å². The van der Waals surface area contributed by atoms with Crippen molar-refractivity contribution in [2.75, 3.05) is 19.7 Å². The minimum absolute atomic E-state index is 0.0487.